The van der Waals surface area contributed by atoms with E-state index in [9.17, 15) is 9.90 Å². The monoisotopic (exact) mass is 935 g/mol. The van der Waals surface area contributed by atoms with Gasteiger partial charge in [-0.15, -0.1) is 40.5 Å². The van der Waals surface area contributed by atoms with E-state index in [1.54, 1.807) is 6.26 Å². The van der Waals surface area contributed by atoms with Gasteiger partial charge < -0.3 is 9.52 Å². The Labute approximate surface area is 347 Å². The van der Waals surface area contributed by atoms with E-state index in [0.717, 1.165) is 71.0 Å². The van der Waals surface area contributed by atoms with Gasteiger partial charge in [-0.25, -0.2) is 0 Å². The fraction of sp³-hybridized carbons (Fsp3) is 0.429. The Hall–Kier alpha value is -3.57. The van der Waals surface area contributed by atoms with E-state index in [2.05, 4.69) is 102 Å². The van der Waals surface area contributed by atoms with Crippen molar-refractivity contribution >= 4 is 49.1 Å². The van der Waals surface area contributed by atoms with Crippen LogP contribution in [0.3, 0.4) is 0 Å². The first-order valence-corrected chi connectivity index (χ1v) is 20.6. The average Bonchev–Trinajstić information content (AvgIpc) is 3.76. The van der Waals surface area contributed by atoms with E-state index in [4.69, 9.17) is 9.40 Å². The van der Waals surface area contributed by atoms with Crippen LogP contribution in [0.1, 0.15) is 118 Å². The van der Waals surface area contributed by atoms with Crippen molar-refractivity contribution in [1.82, 2.24) is 4.98 Å². The molecule has 6 rings (SSSR count). The molecule has 1 N–H and O–H groups in total. The summed E-state index contributed by atoms with van der Waals surface area (Å²) in [5.74, 6) is 0.902. The van der Waals surface area contributed by atoms with Crippen molar-refractivity contribution in [2.45, 2.75) is 121 Å². The summed E-state index contributed by atoms with van der Waals surface area (Å²) in [6, 6.07) is 25.5. The summed E-state index contributed by atoms with van der Waals surface area (Å²) in [4.78, 5) is 18.6. The molecular weight excluding hydrogens is 875 g/mol. The van der Waals surface area contributed by atoms with Crippen molar-refractivity contribution in [2.24, 2.45) is 16.7 Å². The van der Waals surface area contributed by atoms with Crippen LogP contribution in [-0.4, -0.2) is 15.9 Å². The Morgan fingerprint density at radius 2 is 1.55 bits per heavy atom. The van der Waals surface area contributed by atoms with Crippen LogP contribution in [-0.2, 0) is 36.7 Å². The Kier molecular flexibility index (Phi) is 14.2. The molecule has 0 saturated carbocycles. The van der Waals surface area contributed by atoms with Crippen molar-refractivity contribution in [1.29, 1.82) is 0 Å². The Balaban J connectivity index is 0.000000320. The number of allylic oxidation sites excluding steroid dienone is 2. The number of carbonyl (C=O) groups excluding carboxylic acids is 1. The minimum Gasteiger partial charge on any atom is -0.512 e. The number of fused-ring (bicyclic) bond motifs is 3. The second-order valence-electron chi connectivity index (χ2n) is 17.0. The van der Waals surface area contributed by atoms with Crippen molar-refractivity contribution in [3.63, 3.8) is 0 Å². The van der Waals surface area contributed by atoms with Gasteiger partial charge in [0.2, 0.25) is 0 Å². The van der Waals surface area contributed by atoms with Gasteiger partial charge in [-0.05, 0) is 79.0 Å². The number of ketones is 1. The van der Waals surface area contributed by atoms with Crippen LogP contribution in [0, 0.1) is 29.7 Å². The Morgan fingerprint density at radius 1 is 0.891 bits per heavy atom. The van der Waals surface area contributed by atoms with Crippen molar-refractivity contribution in [2.75, 3.05) is 0 Å². The minimum atomic E-state index is -0.337. The van der Waals surface area contributed by atoms with Crippen LogP contribution in [0.25, 0.3) is 54.3 Å². The molecule has 55 heavy (non-hydrogen) atoms. The predicted molar refractivity (Wildman–Crippen MR) is 232 cm³/mol. The number of benzene rings is 3. The van der Waals surface area contributed by atoms with E-state index in [-0.39, 0.29) is 47.9 Å². The summed E-state index contributed by atoms with van der Waals surface area (Å²) >= 11 is 1.89. The van der Waals surface area contributed by atoms with Crippen LogP contribution in [0.4, 0.5) is 0 Å². The van der Waals surface area contributed by atoms with E-state index in [1.807, 2.05) is 58.9 Å². The summed E-state index contributed by atoms with van der Waals surface area (Å²) in [5, 5.41) is 13.9. The van der Waals surface area contributed by atoms with Gasteiger partial charge in [-0.1, -0.05) is 117 Å². The van der Waals surface area contributed by atoms with Crippen molar-refractivity contribution in [3.8, 4) is 22.4 Å². The van der Waals surface area contributed by atoms with Crippen LogP contribution in [0.15, 0.2) is 83.2 Å². The average molecular weight is 935 g/mol. The summed E-state index contributed by atoms with van der Waals surface area (Å²) < 4.78 is 7.33. The molecule has 0 spiro atoms. The first-order valence-electron chi connectivity index (χ1n) is 19.8. The maximum Gasteiger partial charge on any atom is 0.164 e. The van der Waals surface area contributed by atoms with Crippen molar-refractivity contribution < 1.29 is 34.4 Å². The van der Waals surface area contributed by atoms with Crippen LogP contribution >= 0.6 is 11.3 Å². The number of thiophene rings is 1. The van der Waals surface area contributed by atoms with Gasteiger partial charge >= 0.3 is 0 Å². The second kappa shape index (κ2) is 17.7. The molecule has 0 fully saturated rings. The van der Waals surface area contributed by atoms with Crippen molar-refractivity contribution in [3.05, 3.63) is 101 Å². The number of aliphatic hydroxyl groups is 1. The largest absolute Gasteiger partial charge is 0.512 e. The molecule has 0 unspecified atom stereocenters. The van der Waals surface area contributed by atoms with Gasteiger partial charge in [0, 0.05) is 63.9 Å². The van der Waals surface area contributed by atoms with E-state index >= 15 is 0 Å². The molecule has 0 saturated heterocycles. The SMILES string of the molecule is CCC(C)(CC)C(=O)/C=C(\O)C(C)(CC)CC.Cc1sc2ccc(-c3cc(-c4[c-]c5ccccc5c(C(C)(C)C)c4)nc4ccoc34)cc2c1CC(C)C.[Ir]. The zero-order valence-corrected chi connectivity index (χ0v) is 38.2. The maximum atomic E-state index is 12.2. The topological polar surface area (TPSA) is 63.3 Å². The summed E-state index contributed by atoms with van der Waals surface area (Å²) in [6.45, 7) is 25.7. The third-order valence-corrected chi connectivity index (χ3v) is 12.9. The fourth-order valence-electron chi connectivity index (χ4n) is 7.08. The van der Waals surface area contributed by atoms with Gasteiger partial charge in [0.25, 0.3) is 0 Å². The minimum absolute atomic E-state index is 0. The van der Waals surface area contributed by atoms with Crippen LogP contribution < -0.4 is 0 Å². The number of aryl methyl sites for hydroxylation is 1. The zero-order chi connectivity index (χ0) is 39.6. The van der Waals surface area contributed by atoms with Gasteiger partial charge in [0.1, 0.15) is 11.3 Å². The molecule has 0 aliphatic heterocycles. The molecule has 0 bridgehead atoms. The first-order chi connectivity index (χ1) is 25.5. The summed E-state index contributed by atoms with van der Waals surface area (Å²) in [7, 11) is 0. The second-order valence-corrected chi connectivity index (χ2v) is 18.2. The number of hydrogen-bond donors (Lipinski definition) is 1. The molecule has 6 heteroatoms. The standard InChI is InChI=1S/C34H32NOS.C15H28O2.Ir/c1-20(2)15-26-21(3)37-32-12-11-23(17-28(26)32)27-19-31(35-30-13-14-36-33(27)30)24-16-22-9-7-8-10-25(22)29(18-24)34(4,5)6;1-7-14(5,8-2)12(16)11-13(17)15(6,9-3)10-4;/h7-14,17-20H,15H2,1-6H3;11,16H,7-10H2,1-6H3;/q-1;;/b;12-11-;. The van der Waals surface area contributed by atoms with E-state index in [1.165, 1.54) is 37.6 Å². The number of aliphatic hydroxyl groups excluding tert-OH is 1. The summed E-state index contributed by atoms with van der Waals surface area (Å²) in [5.41, 5.74) is 8.05. The molecular formula is C49H60IrNO3S-. The number of hydrogen-bond acceptors (Lipinski definition) is 5. The molecule has 0 aliphatic carbocycles. The third kappa shape index (κ3) is 9.36. The molecule has 3 aromatic carbocycles. The third-order valence-electron chi connectivity index (χ3n) is 11.8. The van der Waals surface area contributed by atoms with Gasteiger partial charge in [-0.2, -0.15) is 0 Å². The summed E-state index contributed by atoms with van der Waals surface area (Å²) in [6.07, 6.45) is 7.59. The normalized spacial score (nSPS) is 12.6. The van der Waals surface area contributed by atoms with Crippen LogP contribution in [0.5, 0.6) is 0 Å². The molecule has 6 aromatic rings. The number of carbonyl (C=O) groups is 1. The molecule has 0 aliphatic rings. The van der Waals surface area contributed by atoms with Gasteiger partial charge in [0.05, 0.1) is 6.26 Å². The molecule has 4 nitrogen and oxygen atoms in total. The fourth-order valence-corrected chi connectivity index (χ4v) is 8.16. The zero-order valence-electron chi connectivity index (χ0n) is 35.0. The number of nitrogens with zero attached hydrogens (tertiary/aromatic N) is 1. The number of furan rings is 1. The molecule has 295 valence electrons. The smallest absolute Gasteiger partial charge is 0.164 e. The van der Waals surface area contributed by atoms with Crippen LogP contribution in [0.2, 0.25) is 0 Å². The number of aromatic nitrogens is 1. The Bertz CT molecular complexity index is 2290. The van der Waals surface area contributed by atoms with E-state index in [0.29, 0.717) is 5.92 Å². The Morgan fingerprint density at radius 3 is 2.16 bits per heavy atom. The molecule has 3 heterocycles. The molecule has 3 aromatic heterocycles. The molecule has 0 atom stereocenters. The van der Waals surface area contributed by atoms with E-state index < -0.39 is 0 Å². The number of pyridine rings is 1. The maximum absolute atomic E-state index is 12.2. The van der Waals surface area contributed by atoms with Gasteiger partial charge in [-0.3, -0.25) is 9.78 Å². The first kappa shape index (κ1) is 44.1. The number of rotatable bonds is 11. The predicted octanol–water partition coefficient (Wildman–Crippen LogP) is 14.8. The molecule has 0 amide bonds. The van der Waals surface area contributed by atoms with Gasteiger partial charge in [0.15, 0.2) is 11.4 Å². The molecule has 1 radical (unpaired) electrons. The quantitative estimate of drug-likeness (QED) is 0.0799.